The van der Waals surface area contributed by atoms with Crippen LogP contribution >= 0.6 is 22.7 Å². The van der Waals surface area contributed by atoms with E-state index in [1.807, 2.05) is 17.5 Å². The molecule has 4 nitrogen and oxygen atoms in total. The molecule has 2 rings (SSSR count). The summed E-state index contributed by atoms with van der Waals surface area (Å²) < 4.78 is 0. The van der Waals surface area contributed by atoms with Crippen molar-refractivity contribution in [1.82, 2.24) is 10.3 Å². The molecule has 2 heterocycles. The summed E-state index contributed by atoms with van der Waals surface area (Å²) in [6, 6.07) is 3.99. The monoisotopic (exact) mass is 310 g/mol. The standard InChI is InChI=1S/C14H18N2O2S2/c17-8-4-2-1-3-7-15-13(18)11-10-20-14(16-11)12-6-5-9-19-12/h5-6,9-10,17H,1-4,7-8H2,(H,15,18). The lowest BCUT2D eigenvalue weighted by Crippen LogP contribution is -2.24. The number of nitrogens with one attached hydrogen (secondary N) is 1. The molecule has 0 saturated heterocycles. The lowest BCUT2D eigenvalue weighted by molar-refractivity contribution is 0.0948. The summed E-state index contributed by atoms with van der Waals surface area (Å²) in [5, 5.41) is 16.2. The van der Waals surface area contributed by atoms with Crippen LogP contribution in [0.3, 0.4) is 0 Å². The van der Waals surface area contributed by atoms with E-state index in [2.05, 4.69) is 10.3 Å². The molecule has 0 atom stereocenters. The van der Waals surface area contributed by atoms with Crippen LogP contribution in [-0.2, 0) is 0 Å². The molecular formula is C14H18N2O2S2. The fraction of sp³-hybridized carbons (Fsp3) is 0.429. The third kappa shape index (κ3) is 4.40. The minimum absolute atomic E-state index is 0.105. The Morgan fingerprint density at radius 2 is 2.10 bits per heavy atom. The Bertz CT molecular complexity index is 523. The van der Waals surface area contributed by atoms with E-state index in [9.17, 15) is 4.79 Å². The molecule has 0 bridgehead atoms. The van der Waals surface area contributed by atoms with E-state index in [1.165, 1.54) is 11.3 Å². The van der Waals surface area contributed by atoms with Crippen LogP contribution in [0.1, 0.15) is 36.2 Å². The molecule has 2 aromatic heterocycles. The van der Waals surface area contributed by atoms with Crippen molar-refractivity contribution in [2.45, 2.75) is 25.7 Å². The van der Waals surface area contributed by atoms with Gasteiger partial charge in [0.25, 0.3) is 5.91 Å². The van der Waals surface area contributed by atoms with Crippen molar-refractivity contribution in [3.63, 3.8) is 0 Å². The lowest BCUT2D eigenvalue weighted by Gasteiger charge is -2.02. The number of rotatable bonds is 8. The van der Waals surface area contributed by atoms with E-state index in [4.69, 9.17) is 5.11 Å². The summed E-state index contributed by atoms with van der Waals surface area (Å²) >= 11 is 3.12. The fourth-order valence-electron chi connectivity index (χ4n) is 1.77. The number of aliphatic hydroxyl groups is 1. The number of thiophene rings is 1. The molecular weight excluding hydrogens is 292 g/mol. The quantitative estimate of drug-likeness (QED) is 0.736. The molecule has 2 aromatic rings. The SMILES string of the molecule is O=C(NCCCCCCO)c1csc(-c2cccs2)n1. The molecule has 0 aromatic carbocycles. The molecule has 0 fully saturated rings. The van der Waals surface area contributed by atoms with Gasteiger partial charge in [0.05, 0.1) is 4.88 Å². The number of thiazole rings is 1. The Labute approximate surface area is 126 Å². The number of aromatic nitrogens is 1. The van der Waals surface area contributed by atoms with Gasteiger partial charge >= 0.3 is 0 Å². The van der Waals surface area contributed by atoms with Crippen LogP contribution in [0.2, 0.25) is 0 Å². The molecule has 0 unspecified atom stereocenters. The van der Waals surface area contributed by atoms with Crippen molar-refractivity contribution in [3.05, 3.63) is 28.6 Å². The molecule has 0 radical (unpaired) electrons. The fourth-order valence-corrected chi connectivity index (χ4v) is 3.39. The average Bonchev–Trinajstić information content (AvgIpc) is 3.12. The summed E-state index contributed by atoms with van der Waals surface area (Å²) in [7, 11) is 0. The third-order valence-electron chi connectivity index (χ3n) is 2.84. The first-order chi connectivity index (χ1) is 9.81. The third-order valence-corrected chi connectivity index (χ3v) is 4.72. The zero-order chi connectivity index (χ0) is 14.2. The molecule has 0 saturated carbocycles. The maximum Gasteiger partial charge on any atom is 0.270 e. The number of nitrogens with zero attached hydrogens (tertiary/aromatic N) is 1. The van der Waals surface area contributed by atoms with Crippen LogP contribution in [-0.4, -0.2) is 29.1 Å². The lowest BCUT2D eigenvalue weighted by atomic mass is 10.2. The molecule has 0 aliphatic heterocycles. The number of carbonyl (C=O) groups is 1. The van der Waals surface area contributed by atoms with Gasteiger partial charge in [-0.3, -0.25) is 4.79 Å². The number of hydrogen-bond donors (Lipinski definition) is 2. The van der Waals surface area contributed by atoms with Gasteiger partial charge < -0.3 is 10.4 Å². The zero-order valence-electron chi connectivity index (χ0n) is 11.2. The van der Waals surface area contributed by atoms with Gasteiger partial charge in [0.15, 0.2) is 0 Å². The van der Waals surface area contributed by atoms with Gasteiger partial charge in [-0.15, -0.1) is 22.7 Å². The van der Waals surface area contributed by atoms with Crippen molar-refractivity contribution in [1.29, 1.82) is 0 Å². The van der Waals surface area contributed by atoms with Gasteiger partial charge in [-0.1, -0.05) is 18.9 Å². The highest BCUT2D eigenvalue weighted by atomic mass is 32.1. The Morgan fingerprint density at radius 1 is 1.25 bits per heavy atom. The molecule has 0 aliphatic rings. The smallest absolute Gasteiger partial charge is 0.270 e. The van der Waals surface area contributed by atoms with E-state index >= 15 is 0 Å². The molecule has 0 spiro atoms. The number of amides is 1. The summed E-state index contributed by atoms with van der Waals surface area (Å²) in [4.78, 5) is 17.4. The van der Waals surface area contributed by atoms with Crippen LogP contribution in [0, 0.1) is 0 Å². The largest absolute Gasteiger partial charge is 0.396 e. The van der Waals surface area contributed by atoms with Crippen LogP contribution in [0.25, 0.3) is 9.88 Å². The van der Waals surface area contributed by atoms with Crippen LogP contribution in [0.15, 0.2) is 22.9 Å². The van der Waals surface area contributed by atoms with Gasteiger partial charge in [-0.2, -0.15) is 0 Å². The molecule has 2 N–H and O–H groups in total. The summed E-state index contributed by atoms with van der Waals surface area (Å²) in [5.74, 6) is -0.105. The van der Waals surface area contributed by atoms with Crippen molar-refractivity contribution < 1.29 is 9.90 Å². The van der Waals surface area contributed by atoms with Crippen molar-refractivity contribution in [3.8, 4) is 9.88 Å². The summed E-state index contributed by atoms with van der Waals surface area (Å²) in [5.41, 5.74) is 0.494. The Morgan fingerprint density at radius 3 is 2.85 bits per heavy atom. The second-order valence-electron chi connectivity index (χ2n) is 4.41. The van der Waals surface area contributed by atoms with Crippen LogP contribution in [0.5, 0.6) is 0 Å². The van der Waals surface area contributed by atoms with Gasteiger partial charge in [-0.05, 0) is 24.3 Å². The Kier molecular flexibility index (Phi) is 6.17. The van der Waals surface area contributed by atoms with E-state index < -0.39 is 0 Å². The number of aliphatic hydroxyl groups excluding tert-OH is 1. The van der Waals surface area contributed by atoms with Crippen molar-refractivity contribution >= 4 is 28.6 Å². The summed E-state index contributed by atoms with van der Waals surface area (Å²) in [6.45, 7) is 0.910. The van der Waals surface area contributed by atoms with Crippen molar-refractivity contribution in [2.24, 2.45) is 0 Å². The van der Waals surface area contributed by atoms with Gasteiger partial charge in [0, 0.05) is 18.5 Å². The van der Waals surface area contributed by atoms with Gasteiger partial charge in [0.2, 0.25) is 0 Å². The maximum absolute atomic E-state index is 11.9. The summed E-state index contributed by atoms with van der Waals surface area (Å²) in [6.07, 6.45) is 3.81. The van der Waals surface area contributed by atoms with E-state index in [-0.39, 0.29) is 12.5 Å². The highest BCUT2D eigenvalue weighted by Crippen LogP contribution is 2.27. The maximum atomic E-state index is 11.9. The predicted octanol–water partition coefficient (Wildman–Crippen LogP) is 3.15. The minimum atomic E-state index is -0.105. The Hall–Kier alpha value is -1.24. The minimum Gasteiger partial charge on any atom is -0.396 e. The zero-order valence-corrected chi connectivity index (χ0v) is 12.8. The highest BCUT2D eigenvalue weighted by Gasteiger charge is 2.11. The molecule has 1 amide bonds. The normalized spacial score (nSPS) is 10.7. The second kappa shape index (κ2) is 8.14. The molecule has 108 valence electrons. The molecule has 20 heavy (non-hydrogen) atoms. The van der Waals surface area contributed by atoms with Crippen molar-refractivity contribution in [2.75, 3.05) is 13.2 Å². The second-order valence-corrected chi connectivity index (χ2v) is 6.21. The van der Waals surface area contributed by atoms with Gasteiger partial charge in [-0.25, -0.2) is 4.98 Å². The van der Waals surface area contributed by atoms with E-state index in [0.29, 0.717) is 12.2 Å². The van der Waals surface area contributed by atoms with Crippen LogP contribution in [0.4, 0.5) is 0 Å². The Balaban J connectivity index is 1.76. The number of unbranched alkanes of at least 4 members (excludes halogenated alkanes) is 3. The molecule has 6 heteroatoms. The average molecular weight is 310 g/mol. The topological polar surface area (TPSA) is 62.2 Å². The van der Waals surface area contributed by atoms with Crippen LogP contribution < -0.4 is 5.32 Å². The number of carbonyl (C=O) groups excluding carboxylic acids is 1. The van der Waals surface area contributed by atoms with E-state index in [1.54, 1.807) is 16.7 Å². The first-order valence-electron chi connectivity index (χ1n) is 6.69. The molecule has 0 aliphatic carbocycles. The first-order valence-corrected chi connectivity index (χ1v) is 8.45. The van der Waals surface area contributed by atoms with Gasteiger partial charge in [0.1, 0.15) is 10.7 Å². The first kappa shape index (κ1) is 15.2. The van der Waals surface area contributed by atoms with E-state index in [0.717, 1.165) is 35.6 Å². The highest BCUT2D eigenvalue weighted by molar-refractivity contribution is 7.20. The number of hydrogen-bond acceptors (Lipinski definition) is 5. The predicted molar refractivity (Wildman–Crippen MR) is 83.3 cm³/mol.